The van der Waals surface area contributed by atoms with E-state index in [2.05, 4.69) is 27.9 Å². The van der Waals surface area contributed by atoms with Crippen LogP contribution in [0.4, 0.5) is 11.4 Å². The lowest BCUT2D eigenvalue weighted by Gasteiger charge is -2.16. The van der Waals surface area contributed by atoms with Gasteiger partial charge in [-0.15, -0.1) is 0 Å². The summed E-state index contributed by atoms with van der Waals surface area (Å²) in [5.74, 6) is 0. The SMILES string of the molecule is CC(Nc1ccc([N+](=O)[O-])cc1Cl)c1ccc(I)cc1. The van der Waals surface area contributed by atoms with Gasteiger partial charge in [0.05, 0.1) is 15.6 Å². The van der Waals surface area contributed by atoms with Gasteiger partial charge in [0.25, 0.3) is 5.69 Å². The van der Waals surface area contributed by atoms with Crippen LogP contribution >= 0.6 is 34.2 Å². The first kappa shape index (κ1) is 15.1. The second kappa shape index (κ2) is 6.41. The molecular weight excluding hydrogens is 391 g/mol. The molecule has 2 aromatic carbocycles. The molecule has 2 aromatic rings. The van der Waals surface area contributed by atoms with Crippen LogP contribution < -0.4 is 5.32 Å². The Morgan fingerprint density at radius 2 is 1.90 bits per heavy atom. The monoisotopic (exact) mass is 402 g/mol. The van der Waals surface area contributed by atoms with E-state index >= 15 is 0 Å². The van der Waals surface area contributed by atoms with Crippen LogP contribution in [-0.4, -0.2) is 4.92 Å². The average molecular weight is 403 g/mol. The number of nitrogens with one attached hydrogen (secondary N) is 1. The van der Waals surface area contributed by atoms with E-state index < -0.39 is 4.92 Å². The minimum atomic E-state index is -0.460. The van der Waals surface area contributed by atoms with E-state index in [4.69, 9.17) is 11.6 Å². The van der Waals surface area contributed by atoms with Gasteiger partial charge in [0.2, 0.25) is 0 Å². The Bertz CT molecular complexity index is 632. The molecule has 1 N–H and O–H groups in total. The first-order valence-electron chi connectivity index (χ1n) is 5.93. The molecule has 4 nitrogen and oxygen atoms in total. The number of benzene rings is 2. The van der Waals surface area contributed by atoms with Crippen LogP contribution in [0, 0.1) is 13.7 Å². The van der Waals surface area contributed by atoms with Gasteiger partial charge in [0.15, 0.2) is 0 Å². The van der Waals surface area contributed by atoms with Crippen molar-refractivity contribution < 1.29 is 4.92 Å². The van der Waals surface area contributed by atoms with Crippen LogP contribution in [0.3, 0.4) is 0 Å². The maximum atomic E-state index is 10.7. The molecular formula is C14H12ClIN2O2. The summed E-state index contributed by atoms with van der Waals surface area (Å²) in [5.41, 5.74) is 1.80. The summed E-state index contributed by atoms with van der Waals surface area (Å²) in [6.45, 7) is 2.01. The molecule has 1 unspecified atom stereocenters. The summed E-state index contributed by atoms with van der Waals surface area (Å²) in [7, 11) is 0. The second-order valence-corrected chi connectivity index (χ2v) is 5.99. The number of halogens is 2. The Morgan fingerprint density at radius 3 is 2.45 bits per heavy atom. The Labute approximate surface area is 135 Å². The number of non-ortho nitro benzene ring substituents is 1. The molecule has 0 saturated heterocycles. The van der Waals surface area contributed by atoms with Crippen LogP contribution in [0.15, 0.2) is 42.5 Å². The van der Waals surface area contributed by atoms with Crippen LogP contribution in [0.2, 0.25) is 5.02 Å². The molecule has 0 aromatic heterocycles. The maximum absolute atomic E-state index is 10.7. The van der Waals surface area contributed by atoms with Gasteiger partial charge in [0, 0.05) is 21.7 Å². The molecule has 0 bridgehead atoms. The molecule has 0 saturated carbocycles. The maximum Gasteiger partial charge on any atom is 0.271 e. The normalized spacial score (nSPS) is 11.9. The van der Waals surface area contributed by atoms with E-state index in [9.17, 15) is 10.1 Å². The van der Waals surface area contributed by atoms with Crippen molar-refractivity contribution in [3.05, 3.63) is 66.7 Å². The van der Waals surface area contributed by atoms with Crippen LogP contribution in [-0.2, 0) is 0 Å². The molecule has 0 fully saturated rings. The zero-order chi connectivity index (χ0) is 14.7. The van der Waals surface area contributed by atoms with Crippen molar-refractivity contribution >= 4 is 45.6 Å². The largest absolute Gasteiger partial charge is 0.377 e. The highest BCUT2D eigenvalue weighted by Gasteiger charge is 2.12. The van der Waals surface area contributed by atoms with E-state index in [0.717, 1.165) is 5.56 Å². The third-order valence-electron chi connectivity index (χ3n) is 2.91. The van der Waals surface area contributed by atoms with Gasteiger partial charge in [-0.25, -0.2) is 0 Å². The van der Waals surface area contributed by atoms with Gasteiger partial charge in [-0.2, -0.15) is 0 Å². The van der Waals surface area contributed by atoms with E-state index in [1.54, 1.807) is 6.07 Å². The van der Waals surface area contributed by atoms with Crippen molar-refractivity contribution in [1.82, 2.24) is 0 Å². The standard InChI is InChI=1S/C14H12ClIN2O2/c1-9(10-2-4-11(16)5-3-10)17-14-7-6-12(18(19)20)8-13(14)15/h2-9,17H,1H3. The summed E-state index contributed by atoms with van der Waals surface area (Å²) in [6.07, 6.45) is 0. The van der Waals surface area contributed by atoms with Gasteiger partial charge < -0.3 is 5.32 Å². The van der Waals surface area contributed by atoms with Crippen molar-refractivity contribution in [2.75, 3.05) is 5.32 Å². The van der Waals surface area contributed by atoms with E-state index in [-0.39, 0.29) is 11.7 Å². The Hall–Kier alpha value is -1.34. The predicted molar refractivity (Wildman–Crippen MR) is 89.3 cm³/mol. The smallest absolute Gasteiger partial charge is 0.271 e. The summed E-state index contributed by atoms with van der Waals surface area (Å²) in [4.78, 5) is 10.2. The highest BCUT2D eigenvalue weighted by Crippen LogP contribution is 2.29. The van der Waals surface area contributed by atoms with Crippen LogP contribution in [0.25, 0.3) is 0 Å². The number of nitro groups is 1. The summed E-state index contributed by atoms with van der Waals surface area (Å²) >= 11 is 8.32. The first-order valence-corrected chi connectivity index (χ1v) is 7.39. The van der Waals surface area contributed by atoms with Crippen molar-refractivity contribution in [3.8, 4) is 0 Å². The molecule has 0 aliphatic heterocycles. The fourth-order valence-electron chi connectivity index (χ4n) is 1.80. The fourth-order valence-corrected chi connectivity index (χ4v) is 2.39. The van der Waals surface area contributed by atoms with E-state index in [0.29, 0.717) is 10.7 Å². The van der Waals surface area contributed by atoms with Crippen molar-refractivity contribution in [2.24, 2.45) is 0 Å². The first-order chi connectivity index (χ1) is 9.47. The lowest BCUT2D eigenvalue weighted by molar-refractivity contribution is -0.384. The summed E-state index contributed by atoms with van der Waals surface area (Å²) in [5, 5.41) is 14.3. The minimum Gasteiger partial charge on any atom is -0.377 e. The molecule has 2 rings (SSSR count). The molecule has 1 atom stereocenters. The number of nitro benzene ring substituents is 1. The minimum absolute atomic E-state index is 0.0116. The average Bonchev–Trinajstić information content (AvgIpc) is 2.41. The van der Waals surface area contributed by atoms with Crippen LogP contribution in [0.1, 0.15) is 18.5 Å². The van der Waals surface area contributed by atoms with Crippen LogP contribution in [0.5, 0.6) is 0 Å². The third kappa shape index (κ3) is 3.61. The summed E-state index contributed by atoms with van der Waals surface area (Å²) < 4.78 is 1.17. The highest BCUT2D eigenvalue weighted by atomic mass is 127. The molecule has 104 valence electrons. The van der Waals surface area contributed by atoms with Gasteiger partial charge in [0.1, 0.15) is 0 Å². The third-order valence-corrected chi connectivity index (χ3v) is 3.94. The molecule has 0 aliphatic carbocycles. The van der Waals surface area contributed by atoms with Gasteiger partial charge in [-0.05, 0) is 53.3 Å². The topological polar surface area (TPSA) is 55.2 Å². The lowest BCUT2D eigenvalue weighted by atomic mass is 10.1. The molecule has 0 radical (unpaired) electrons. The Balaban J connectivity index is 2.17. The summed E-state index contributed by atoms with van der Waals surface area (Å²) in [6, 6.07) is 12.6. The molecule has 0 aliphatic rings. The van der Waals surface area contributed by atoms with Gasteiger partial charge >= 0.3 is 0 Å². The van der Waals surface area contributed by atoms with Crippen molar-refractivity contribution in [2.45, 2.75) is 13.0 Å². The van der Waals surface area contributed by atoms with Crippen molar-refractivity contribution in [3.63, 3.8) is 0 Å². The van der Waals surface area contributed by atoms with Crippen molar-refractivity contribution in [1.29, 1.82) is 0 Å². The van der Waals surface area contributed by atoms with E-state index in [1.807, 2.05) is 31.2 Å². The predicted octanol–water partition coefficient (Wildman–Crippen LogP) is 5.03. The highest BCUT2D eigenvalue weighted by molar-refractivity contribution is 14.1. The number of hydrogen-bond donors (Lipinski definition) is 1. The number of nitrogens with zero attached hydrogens (tertiary/aromatic N) is 1. The molecule has 6 heteroatoms. The second-order valence-electron chi connectivity index (χ2n) is 4.34. The Kier molecular flexibility index (Phi) is 4.82. The number of rotatable bonds is 4. The fraction of sp³-hybridized carbons (Fsp3) is 0.143. The quantitative estimate of drug-likeness (QED) is 0.443. The van der Waals surface area contributed by atoms with Gasteiger partial charge in [-0.3, -0.25) is 10.1 Å². The molecule has 20 heavy (non-hydrogen) atoms. The molecule has 0 heterocycles. The van der Waals surface area contributed by atoms with Gasteiger partial charge in [-0.1, -0.05) is 23.7 Å². The zero-order valence-corrected chi connectivity index (χ0v) is 13.6. The molecule has 0 spiro atoms. The molecule has 0 amide bonds. The lowest BCUT2D eigenvalue weighted by Crippen LogP contribution is -2.07. The number of hydrogen-bond acceptors (Lipinski definition) is 3. The number of anilines is 1. The van der Waals surface area contributed by atoms with E-state index in [1.165, 1.54) is 15.7 Å². The zero-order valence-electron chi connectivity index (χ0n) is 10.6. The Morgan fingerprint density at radius 1 is 1.25 bits per heavy atom.